The second-order valence-electron chi connectivity index (χ2n) is 4.90. The van der Waals surface area contributed by atoms with Gasteiger partial charge in [0.25, 0.3) is 0 Å². The van der Waals surface area contributed by atoms with Crippen molar-refractivity contribution in [3.8, 4) is 0 Å². The number of hydrogen-bond acceptors (Lipinski definition) is 4. The van der Waals surface area contributed by atoms with Crippen LogP contribution in [0.1, 0.15) is 32.1 Å². The van der Waals surface area contributed by atoms with Crippen molar-refractivity contribution in [3.63, 3.8) is 0 Å². The number of carboxylic acids is 1. The lowest BCUT2D eigenvalue weighted by atomic mass is 9.94. The maximum Gasteiger partial charge on any atom is 0.304 e. The molecule has 0 aliphatic heterocycles. The van der Waals surface area contributed by atoms with Gasteiger partial charge in [-0.3, -0.25) is 4.79 Å². The van der Waals surface area contributed by atoms with Crippen molar-refractivity contribution in [2.45, 2.75) is 43.4 Å². The molecule has 0 saturated heterocycles. The summed E-state index contributed by atoms with van der Waals surface area (Å²) in [5.74, 6) is -0.813. The lowest BCUT2D eigenvalue weighted by molar-refractivity contribution is -0.137. The minimum absolute atomic E-state index is 0.108. The highest BCUT2D eigenvalue weighted by Gasteiger charge is 2.30. The highest BCUT2D eigenvalue weighted by molar-refractivity contribution is 7.91. The average Bonchev–Trinajstić information content (AvgIpc) is 2.25. The number of aliphatic carboxylic acids is 1. The zero-order chi connectivity index (χ0) is 13.1. The van der Waals surface area contributed by atoms with Crippen molar-refractivity contribution in [1.29, 1.82) is 0 Å². The van der Waals surface area contributed by atoms with Gasteiger partial charge >= 0.3 is 5.97 Å². The summed E-state index contributed by atoms with van der Waals surface area (Å²) < 4.78 is 23.0. The SMILES string of the molecule is CN(CCC(=O)O)C1CCCC(S(C)(=O)=O)C1. The standard InChI is InChI=1S/C11H21NO4S/c1-12(7-6-11(13)14)9-4-3-5-10(8-9)17(2,15)16/h9-10H,3-8H2,1-2H3,(H,13,14). The van der Waals surface area contributed by atoms with E-state index in [0.29, 0.717) is 13.0 Å². The zero-order valence-electron chi connectivity index (χ0n) is 10.4. The molecule has 0 radical (unpaired) electrons. The molecule has 2 unspecified atom stereocenters. The van der Waals surface area contributed by atoms with Crippen LogP contribution in [0.25, 0.3) is 0 Å². The van der Waals surface area contributed by atoms with Crippen LogP contribution in [0, 0.1) is 0 Å². The third-order valence-electron chi connectivity index (χ3n) is 3.51. The lowest BCUT2D eigenvalue weighted by Gasteiger charge is -2.34. The number of hydrogen-bond donors (Lipinski definition) is 1. The summed E-state index contributed by atoms with van der Waals surface area (Å²) in [7, 11) is -1.09. The summed E-state index contributed by atoms with van der Waals surface area (Å²) in [5.41, 5.74) is 0. The Balaban J connectivity index is 2.51. The Morgan fingerprint density at radius 3 is 2.59 bits per heavy atom. The number of rotatable bonds is 5. The maximum atomic E-state index is 11.5. The second kappa shape index (κ2) is 5.82. The molecule has 2 atom stereocenters. The molecule has 100 valence electrons. The fraction of sp³-hybridized carbons (Fsp3) is 0.909. The fourth-order valence-electron chi connectivity index (χ4n) is 2.36. The van der Waals surface area contributed by atoms with E-state index in [4.69, 9.17) is 5.11 Å². The van der Waals surface area contributed by atoms with Crippen LogP contribution in [0.2, 0.25) is 0 Å². The molecule has 1 fully saturated rings. The summed E-state index contributed by atoms with van der Waals surface area (Å²) in [4.78, 5) is 12.5. The normalized spacial score (nSPS) is 26.1. The van der Waals surface area contributed by atoms with Gasteiger partial charge in [0, 0.05) is 18.8 Å². The van der Waals surface area contributed by atoms with E-state index >= 15 is 0 Å². The highest BCUT2D eigenvalue weighted by atomic mass is 32.2. The van der Waals surface area contributed by atoms with Crippen molar-refractivity contribution in [1.82, 2.24) is 4.90 Å². The van der Waals surface area contributed by atoms with Gasteiger partial charge in [-0.1, -0.05) is 6.42 Å². The third kappa shape index (κ3) is 4.63. The first-order valence-corrected chi connectivity index (χ1v) is 7.87. The Bertz CT molecular complexity index is 366. The first kappa shape index (κ1) is 14.4. The molecule has 0 aromatic carbocycles. The van der Waals surface area contributed by atoms with Gasteiger partial charge in [-0.2, -0.15) is 0 Å². The summed E-state index contributed by atoms with van der Waals surface area (Å²) in [5, 5.41) is 8.36. The molecular formula is C11H21NO4S. The van der Waals surface area contributed by atoms with Gasteiger partial charge in [-0.25, -0.2) is 8.42 Å². The minimum Gasteiger partial charge on any atom is -0.481 e. The van der Waals surface area contributed by atoms with Crippen molar-refractivity contribution in [3.05, 3.63) is 0 Å². The maximum absolute atomic E-state index is 11.5. The van der Waals surface area contributed by atoms with Crippen LogP contribution >= 0.6 is 0 Å². The van der Waals surface area contributed by atoms with Crippen LogP contribution < -0.4 is 0 Å². The Morgan fingerprint density at radius 2 is 2.06 bits per heavy atom. The molecule has 17 heavy (non-hydrogen) atoms. The van der Waals surface area contributed by atoms with Crippen molar-refractivity contribution in [2.75, 3.05) is 19.8 Å². The molecule has 1 aliphatic rings. The summed E-state index contributed by atoms with van der Waals surface area (Å²) >= 11 is 0. The predicted octanol–water partition coefficient (Wildman–Crippen LogP) is 0.749. The Morgan fingerprint density at radius 1 is 1.41 bits per heavy atom. The third-order valence-corrected chi connectivity index (χ3v) is 5.14. The molecule has 6 heteroatoms. The summed E-state index contributed by atoms with van der Waals surface area (Å²) in [6.45, 7) is 0.483. The number of carboxylic acid groups (broad SMARTS) is 1. The average molecular weight is 263 g/mol. The van der Waals surface area contributed by atoms with Crippen molar-refractivity contribution in [2.24, 2.45) is 0 Å². The molecule has 1 saturated carbocycles. The minimum atomic E-state index is -2.97. The summed E-state index contributed by atoms with van der Waals surface area (Å²) in [6, 6.07) is 0.197. The van der Waals surface area contributed by atoms with Crippen LogP contribution in [0.15, 0.2) is 0 Å². The van der Waals surface area contributed by atoms with E-state index in [0.717, 1.165) is 19.3 Å². The molecule has 1 aliphatic carbocycles. The number of carbonyl (C=O) groups is 1. The van der Waals surface area contributed by atoms with Crippen molar-refractivity contribution < 1.29 is 18.3 Å². The van der Waals surface area contributed by atoms with Crippen LogP contribution in [0.5, 0.6) is 0 Å². The van der Waals surface area contributed by atoms with Gasteiger partial charge in [-0.05, 0) is 26.3 Å². The van der Waals surface area contributed by atoms with Gasteiger partial charge in [0.1, 0.15) is 9.84 Å². The van der Waals surface area contributed by atoms with Gasteiger partial charge < -0.3 is 10.0 Å². The Hall–Kier alpha value is -0.620. The zero-order valence-corrected chi connectivity index (χ0v) is 11.2. The van der Waals surface area contributed by atoms with E-state index in [1.165, 1.54) is 6.26 Å². The van der Waals surface area contributed by atoms with E-state index < -0.39 is 15.8 Å². The second-order valence-corrected chi connectivity index (χ2v) is 7.22. The van der Waals surface area contributed by atoms with E-state index in [-0.39, 0.29) is 17.7 Å². The van der Waals surface area contributed by atoms with Gasteiger partial charge in [-0.15, -0.1) is 0 Å². The largest absolute Gasteiger partial charge is 0.481 e. The first-order valence-electron chi connectivity index (χ1n) is 5.91. The molecule has 0 aromatic heterocycles. The monoisotopic (exact) mass is 263 g/mol. The first-order chi connectivity index (χ1) is 7.80. The van der Waals surface area contributed by atoms with Crippen LogP contribution in [-0.2, 0) is 14.6 Å². The molecule has 0 spiro atoms. The Labute approximate surface area is 103 Å². The van der Waals surface area contributed by atoms with Gasteiger partial charge in [0.05, 0.1) is 11.7 Å². The van der Waals surface area contributed by atoms with Crippen LogP contribution in [0.3, 0.4) is 0 Å². The molecular weight excluding hydrogens is 242 g/mol. The molecule has 0 bridgehead atoms. The number of sulfone groups is 1. The van der Waals surface area contributed by atoms with Crippen LogP contribution in [0.4, 0.5) is 0 Å². The smallest absolute Gasteiger partial charge is 0.304 e. The van der Waals surface area contributed by atoms with E-state index in [1.807, 2.05) is 11.9 Å². The Kier molecular flexibility index (Phi) is 4.94. The quantitative estimate of drug-likeness (QED) is 0.792. The molecule has 0 amide bonds. The van der Waals surface area contributed by atoms with E-state index in [1.54, 1.807) is 0 Å². The van der Waals surface area contributed by atoms with Gasteiger partial charge in [0.2, 0.25) is 0 Å². The number of nitrogens with zero attached hydrogens (tertiary/aromatic N) is 1. The topological polar surface area (TPSA) is 74.7 Å². The van der Waals surface area contributed by atoms with Gasteiger partial charge in [0.15, 0.2) is 0 Å². The molecule has 0 heterocycles. The predicted molar refractivity (Wildman–Crippen MR) is 65.8 cm³/mol. The summed E-state index contributed by atoms with van der Waals surface area (Å²) in [6.07, 6.45) is 4.63. The molecule has 5 nitrogen and oxygen atoms in total. The molecule has 1 rings (SSSR count). The highest BCUT2D eigenvalue weighted by Crippen LogP contribution is 2.26. The molecule has 0 aromatic rings. The van der Waals surface area contributed by atoms with E-state index in [2.05, 4.69) is 0 Å². The van der Waals surface area contributed by atoms with E-state index in [9.17, 15) is 13.2 Å². The molecule has 1 N–H and O–H groups in total. The fourth-order valence-corrected chi connectivity index (χ4v) is 3.53. The van der Waals surface area contributed by atoms with Crippen LogP contribution in [-0.4, -0.2) is 55.5 Å². The van der Waals surface area contributed by atoms with Crippen molar-refractivity contribution >= 4 is 15.8 Å². The lowest BCUT2D eigenvalue weighted by Crippen LogP contribution is -2.40.